The molecular formula is C29H56O2. The van der Waals surface area contributed by atoms with Crippen LogP contribution in [0.25, 0.3) is 0 Å². The van der Waals surface area contributed by atoms with Gasteiger partial charge in [-0.1, -0.05) is 141 Å². The van der Waals surface area contributed by atoms with Gasteiger partial charge in [-0.3, -0.25) is 4.79 Å². The molecule has 0 unspecified atom stereocenters. The summed E-state index contributed by atoms with van der Waals surface area (Å²) in [6, 6.07) is 0. The molecule has 0 radical (unpaired) electrons. The topological polar surface area (TPSA) is 37.3 Å². The Kier molecular flexibility index (Phi) is 26.5. The average molecular weight is 437 g/mol. The maximum atomic E-state index is 10.4. The van der Waals surface area contributed by atoms with E-state index in [9.17, 15) is 4.79 Å². The lowest BCUT2D eigenvalue weighted by molar-refractivity contribution is -0.137. The molecule has 0 aliphatic heterocycles. The van der Waals surface area contributed by atoms with Crippen molar-refractivity contribution in [2.24, 2.45) is 0 Å². The zero-order valence-corrected chi connectivity index (χ0v) is 21.2. The lowest BCUT2D eigenvalue weighted by Gasteiger charge is -2.03. The molecule has 0 saturated heterocycles. The number of allylic oxidation sites excluding steroid dienone is 2. The van der Waals surface area contributed by atoms with Crippen LogP contribution >= 0.6 is 0 Å². The first-order valence-corrected chi connectivity index (χ1v) is 14.1. The molecule has 0 rings (SSSR count). The highest BCUT2D eigenvalue weighted by molar-refractivity contribution is 5.66. The van der Waals surface area contributed by atoms with Crippen molar-refractivity contribution in [2.75, 3.05) is 0 Å². The molecule has 0 saturated carbocycles. The Balaban J connectivity index is 3.06. The van der Waals surface area contributed by atoms with Crippen molar-refractivity contribution >= 4 is 5.97 Å². The molecule has 0 aromatic heterocycles. The summed E-state index contributed by atoms with van der Waals surface area (Å²) in [7, 11) is 0. The van der Waals surface area contributed by atoms with Crippen molar-refractivity contribution < 1.29 is 9.90 Å². The molecule has 0 aromatic carbocycles. The van der Waals surface area contributed by atoms with Gasteiger partial charge in [-0.15, -0.1) is 0 Å². The second-order valence-electron chi connectivity index (χ2n) is 9.62. The van der Waals surface area contributed by atoms with E-state index < -0.39 is 5.97 Å². The highest BCUT2D eigenvalue weighted by Crippen LogP contribution is 2.14. The highest BCUT2D eigenvalue weighted by Gasteiger charge is 1.97. The third-order valence-electron chi connectivity index (χ3n) is 6.40. The van der Waals surface area contributed by atoms with Gasteiger partial charge in [0.2, 0.25) is 0 Å². The molecule has 0 atom stereocenters. The number of carbonyl (C=O) groups is 1. The molecule has 0 bridgehead atoms. The molecule has 0 aliphatic carbocycles. The summed E-state index contributed by atoms with van der Waals surface area (Å²) >= 11 is 0. The van der Waals surface area contributed by atoms with Crippen molar-refractivity contribution in [3.05, 3.63) is 12.2 Å². The molecule has 31 heavy (non-hydrogen) atoms. The summed E-state index contributed by atoms with van der Waals surface area (Å²) in [6.45, 7) is 2.28. The smallest absolute Gasteiger partial charge is 0.303 e. The molecule has 1 N–H and O–H groups in total. The van der Waals surface area contributed by atoms with Crippen LogP contribution in [-0.2, 0) is 4.79 Å². The van der Waals surface area contributed by atoms with Crippen LogP contribution in [0.15, 0.2) is 12.2 Å². The van der Waals surface area contributed by atoms with Crippen LogP contribution in [-0.4, -0.2) is 11.1 Å². The number of hydrogen-bond donors (Lipinski definition) is 1. The van der Waals surface area contributed by atoms with E-state index in [1.807, 2.05) is 0 Å². The SMILES string of the molecule is CCCCCCCCC=CCCCCCCCCCCCCCCCCCCC(=O)O. The zero-order valence-electron chi connectivity index (χ0n) is 21.2. The summed E-state index contributed by atoms with van der Waals surface area (Å²) in [4.78, 5) is 10.4. The van der Waals surface area contributed by atoms with E-state index in [2.05, 4.69) is 19.1 Å². The molecule has 2 nitrogen and oxygen atoms in total. The standard InChI is InChI=1S/C29H56O2/c1-2-3-4-5-6-7-8-9-10-11-12-13-14-15-16-17-18-19-20-21-22-23-24-25-26-27-28-29(30)31/h9-10H,2-8,11-28H2,1H3,(H,30,31). The molecule has 0 fully saturated rings. The summed E-state index contributed by atoms with van der Waals surface area (Å²) in [5.74, 6) is -0.651. The van der Waals surface area contributed by atoms with Crippen LogP contribution in [0.3, 0.4) is 0 Å². The highest BCUT2D eigenvalue weighted by atomic mass is 16.4. The van der Waals surface area contributed by atoms with Crippen molar-refractivity contribution in [1.29, 1.82) is 0 Å². The number of rotatable bonds is 26. The first-order chi connectivity index (χ1) is 15.3. The molecule has 184 valence electrons. The fourth-order valence-corrected chi connectivity index (χ4v) is 4.29. The maximum absolute atomic E-state index is 10.4. The van der Waals surface area contributed by atoms with Crippen LogP contribution in [0.4, 0.5) is 0 Å². The van der Waals surface area contributed by atoms with E-state index in [1.54, 1.807) is 0 Å². The van der Waals surface area contributed by atoms with Gasteiger partial charge in [0.05, 0.1) is 0 Å². The van der Waals surface area contributed by atoms with Gasteiger partial charge in [0.25, 0.3) is 0 Å². The second-order valence-corrected chi connectivity index (χ2v) is 9.62. The van der Waals surface area contributed by atoms with Gasteiger partial charge in [0, 0.05) is 6.42 Å². The molecule has 0 aromatic rings. The number of carboxylic acid groups (broad SMARTS) is 1. The number of aliphatic carboxylic acids is 1. The normalized spacial score (nSPS) is 11.5. The maximum Gasteiger partial charge on any atom is 0.303 e. The van der Waals surface area contributed by atoms with Crippen molar-refractivity contribution in [1.82, 2.24) is 0 Å². The Labute approximate surface area is 195 Å². The Morgan fingerprint density at radius 1 is 0.484 bits per heavy atom. The zero-order chi connectivity index (χ0) is 22.7. The van der Waals surface area contributed by atoms with E-state index in [1.165, 1.54) is 141 Å². The van der Waals surface area contributed by atoms with Gasteiger partial charge in [-0.2, -0.15) is 0 Å². The minimum absolute atomic E-state index is 0.344. The summed E-state index contributed by atoms with van der Waals surface area (Å²) in [5, 5.41) is 8.60. The fourth-order valence-electron chi connectivity index (χ4n) is 4.29. The average Bonchev–Trinajstić information content (AvgIpc) is 2.76. The van der Waals surface area contributed by atoms with Crippen LogP contribution in [0.1, 0.15) is 167 Å². The number of carboxylic acids is 1. The lowest BCUT2D eigenvalue weighted by Crippen LogP contribution is -1.93. The minimum atomic E-state index is -0.651. The third-order valence-corrected chi connectivity index (χ3v) is 6.40. The Morgan fingerprint density at radius 2 is 0.774 bits per heavy atom. The van der Waals surface area contributed by atoms with Gasteiger partial charge in [-0.05, 0) is 32.1 Å². The van der Waals surface area contributed by atoms with Gasteiger partial charge in [-0.25, -0.2) is 0 Å². The minimum Gasteiger partial charge on any atom is -0.481 e. The number of hydrogen-bond acceptors (Lipinski definition) is 1. The summed E-state index contributed by atoms with van der Waals surface area (Å²) < 4.78 is 0. The Bertz CT molecular complexity index is 375. The van der Waals surface area contributed by atoms with Crippen molar-refractivity contribution in [3.8, 4) is 0 Å². The van der Waals surface area contributed by atoms with Crippen LogP contribution in [0, 0.1) is 0 Å². The molecular weight excluding hydrogens is 380 g/mol. The van der Waals surface area contributed by atoms with Crippen molar-refractivity contribution in [2.45, 2.75) is 167 Å². The summed E-state index contributed by atoms with van der Waals surface area (Å²) in [5.41, 5.74) is 0. The van der Waals surface area contributed by atoms with Crippen LogP contribution < -0.4 is 0 Å². The first kappa shape index (κ1) is 30.2. The van der Waals surface area contributed by atoms with Gasteiger partial charge < -0.3 is 5.11 Å². The van der Waals surface area contributed by atoms with Crippen LogP contribution in [0.2, 0.25) is 0 Å². The number of unbranched alkanes of at least 4 members (excludes halogenated alkanes) is 22. The third kappa shape index (κ3) is 29.2. The molecule has 0 amide bonds. The van der Waals surface area contributed by atoms with E-state index in [0.717, 1.165) is 12.8 Å². The molecule has 2 heteroatoms. The lowest BCUT2D eigenvalue weighted by atomic mass is 10.0. The van der Waals surface area contributed by atoms with E-state index in [-0.39, 0.29) is 0 Å². The Morgan fingerprint density at radius 3 is 1.10 bits per heavy atom. The largest absolute Gasteiger partial charge is 0.481 e. The molecule has 0 heterocycles. The van der Waals surface area contributed by atoms with Crippen LogP contribution in [0.5, 0.6) is 0 Å². The fraction of sp³-hybridized carbons (Fsp3) is 0.897. The molecule has 0 spiro atoms. The van der Waals surface area contributed by atoms with E-state index in [0.29, 0.717) is 6.42 Å². The van der Waals surface area contributed by atoms with E-state index >= 15 is 0 Å². The first-order valence-electron chi connectivity index (χ1n) is 14.1. The quantitative estimate of drug-likeness (QED) is 0.108. The van der Waals surface area contributed by atoms with Gasteiger partial charge in [0.15, 0.2) is 0 Å². The molecule has 0 aliphatic rings. The second kappa shape index (κ2) is 27.2. The van der Waals surface area contributed by atoms with Gasteiger partial charge >= 0.3 is 5.97 Å². The Hall–Kier alpha value is -0.790. The summed E-state index contributed by atoms with van der Waals surface area (Å²) in [6.07, 6.45) is 37.5. The van der Waals surface area contributed by atoms with Crippen molar-refractivity contribution in [3.63, 3.8) is 0 Å². The predicted octanol–water partition coefficient (Wildman–Crippen LogP) is 10.4. The predicted molar refractivity (Wildman–Crippen MR) is 138 cm³/mol. The van der Waals surface area contributed by atoms with Gasteiger partial charge in [0.1, 0.15) is 0 Å². The van der Waals surface area contributed by atoms with E-state index in [4.69, 9.17) is 5.11 Å². The monoisotopic (exact) mass is 436 g/mol.